The average Bonchev–Trinajstić information content (AvgIpc) is 3.12. The number of rotatable bonds is 4. The molecule has 0 atom stereocenters. The van der Waals surface area contributed by atoms with E-state index in [0.717, 1.165) is 27.9 Å². The van der Waals surface area contributed by atoms with Gasteiger partial charge in [0.2, 0.25) is 0 Å². The number of ether oxygens (including phenoxy) is 1. The number of aromatic nitrogens is 1. The molecular formula is C22H17NO2. The fourth-order valence-corrected chi connectivity index (χ4v) is 2.97. The van der Waals surface area contributed by atoms with E-state index >= 15 is 0 Å². The van der Waals surface area contributed by atoms with Crippen LogP contribution in [-0.2, 0) is 0 Å². The molecule has 3 heteroatoms. The second-order valence-corrected chi connectivity index (χ2v) is 5.91. The van der Waals surface area contributed by atoms with E-state index in [1.54, 1.807) is 31.4 Å². The molecule has 0 fully saturated rings. The molecule has 0 unspecified atom stereocenters. The number of methoxy groups -OCH3 is 1. The summed E-state index contributed by atoms with van der Waals surface area (Å²) in [6, 6.07) is 25.1. The smallest absolute Gasteiger partial charge is 0.193 e. The van der Waals surface area contributed by atoms with Crippen LogP contribution in [0, 0.1) is 0 Å². The minimum absolute atomic E-state index is 0.000569. The topological polar surface area (TPSA) is 42.1 Å². The van der Waals surface area contributed by atoms with Crippen molar-refractivity contribution in [2.24, 2.45) is 0 Å². The molecular weight excluding hydrogens is 310 g/mol. The second-order valence-electron chi connectivity index (χ2n) is 5.91. The van der Waals surface area contributed by atoms with Crippen LogP contribution in [0.4, 0.5) is 0 Å². The molecule has 3 nitrogen and oxygen atoms in total. The number of H-pyrrole nitrogens is 1. The van der Waals surface area contributed by atoms with Crippen molar-refractivity contribution >= 4 is 16.7 Å². The number of hydrogen-bond donors (Lipinski definition) is 1. The van der Waals surface area contributed by atoms with Crippen LogP contribution in [0.2, 0.25) is 0 Å². The highest BCUT2D eigenvalue weighted by molar-refractivity contribution is 6.09. The quantitative estimate of drug-likeness (QED) is 0.531. The number of nitrogens with one attached hydrogen (secondary N) is 1. The molecule has 0 aliphatic heterocycles. The molecule has 0 amide bonds. The first-order chi connectivity index (χ1) is 12.2. The van der Waals surface area contributed by atoms with Crippen LogP contribution in [0.25, 0.3) is 22.2 Å². The summed E-state index contributed by atoms with van der Waals surface area (Å²) in [5.74, 6) is 0.740. The third-order valence-corrected chi connectivity index (χ3v) is 4.32. The fraction of sp³-hybridized carbons (Fsp3) is 0.0455. The first-order valence-corrected chi connectivity index (χ1v) is 8.11. The van der Waals surface area contributed by atoms with Crippen LogP contribution >= 0.6 is 0 Å². The largest absolute Gasteiger partial charge is 0.497 e. The fourth-order valence-electron chi connectivity index (χ4n) is 2.97. The zero-order valence-corrected chi connectivity index (χ0v) is 13.8. The lowest BCUT2D eigenvalue weighted by atomic mass is 10.0. The highest BCUT2D eigenvalue weighted by Gasteiger charge is 2.11. The van der Waals surface area contributed by atoms with Gasteiger partial charge in [0.25, 0.3) is 0 Å². The molecule has 4 aromatic rings. The monoisotopic (exact) mass is 327 g/mol. The van der Waals surface area contributed by atoms with Crippen molar-refractivity contribution in [3.63, 3.8) is 0 Å². The average molecular weight is 327 g/mol. The first kappa shape index (κ1) is 15.2. The Kier molecular flexibility index (Phi) is 3.82. The number of aromatic amines is 1. The zero-order chi connectivity index (χ0) is 17.2. The number of fused-ring (bicyclic) bond motifs is 1. The van der Waals surface area contributed by atoms with Gasteiger partial charge < -0.3 is 9.72 Å². The molecule has 0 radical (unpaired) electrons. The van der Waals surface area contributed by atoms with Crippen molar-refractivity contribution in [1.82, 2.24) is 4.98 Å². The maximum atomic E-state index is 12.8. The summed E-state index contributed by atoms with van der Waals surface area (Å²) in [6.45, 7) is 0. The Balaban J connectivity index is 1.69. The Labute approximate surface area is 145 Å². The highest BCUT2D eigenvalue weighted by Crippen LogP contribution is 2.25. The predicted octanol–water partition coefficient (Wildman–Crippen LogP) is 5.07. The molecule has 122 valence electrons. The maximum absolute atomic E-state index is 12.8. The minimum Gasteiger partial charge on any atom is -0.497 e. The Bertz CT molecular complexity index is 1010. The van der Waals surface area contributed by atoms with E-state index in [9.17, 15) is 4.79 Å². The molecule has 0 saturated heterocycles. The number of ketones is 1. The van der Waals surface area contributed by atoms with Gasteiger partial charge in [-0.1, -0.05) is 36.4 Å². The van der Waals surface area contributed by atoms with Crippen LogP contribution in [0.1, 0.15) is 15.9 Å². The summed E-state index contributed by atoms with van der Waals surface area (Å²) in [7, 11) is 1.61. The van der Waals surface area contributed by atoms with Gasteiger partial charge in [-0.15, -0.1) is 0 Å². The number of benzene rings is 3. The Morgan fingerprint density at radius 2 is 1.64 bits per heavy atom. The molecule has 0 aliphatic rings. The van der Waals surface area contributed by atoms with E-state index < -0.39 is 0 Å². The molecule has 4 rings (SSSR count). The number of hydrogen-bond acceptors (Lipinski definition) is 2. The summed E-state index contributed by atoms with van der Waals surface area (Å²) >= 11 is 0. The molecule has 0 spiro atoms. The van der Waals surface area contributed by atoms with Gasteiger partial charge in [-0.2, -0.15) is 0 Å². The van der Waals surface area contributed by atoms with E-state index in [1.165, 1.54) is 0 Å². The Morgan fingerprint density at radius 3 is 2.40 bits per heavy atom. The van der Waals surface area contributed by atoms with Gasteiger partial charge >= 0.3 is 0 Å². The summed E-state index contributed by atoms with van der Waals surface area (Å²) in [6.07, 6.45) is 0. The lowest BCUT2D eigenvalue weighted by Gasteiger charge is -2.05. The first-order valence-electron chi connectivity index (χ1n) is 8.11. The van der Waals surface area contributed by atoms with Crippen molar-refractivity contribution in [2.45, 2.75) is 0 Å². The van der Waals surface area contributed by atoms with Gasteiger partial charge in [0.15, 0.2) is 5.78 Å². The van der Waals surface area contributed by atoms with Crippen molar-refractivity contribution in [3.8, 4) is 17.0 Å². The standard InChI is InChI=1S/C22H17NO2/c1-25-19-11-9-15(10-12-19)22(24)18-7-4-6-16(13-18)21-14-17-5-2-3-8-20(17)23-21/h2-14,23H,1H3. The normalized spacial score (nSPS) is 10.8. The van der Waals surface area contributed by atoms with Crippen molar-refractivity contribution < 1.29 is 9.53 Å². The van der Waals surface area contributed by atoms with E-state index in [2.05, 4.69) is 17.1 Å². The van der Waals surface area contributed by atoms with Gasteiger partial charge in [0.1, 0.15) is 5.75 Å². The van der Waals surface area contributed by atoms with E-state index in [1.807, 2.05) is 42.5 Å². The predicted molar refractivity (Wildman–Crippen MR) is 100 cm³/mol. The van der Waals surface area contributed by atoms with Crippen LogP contribution < -0.4 is 4.74 Å². The molecule has 1 aromatic heterocycles. The SMILES string of the molecule is COc1ccc(C(=O)c2cccc(-c3cc4ccccc4[nH]3)c2)cc1. The van der Waals surface area contributed by atoms with Gasteiger partial charge in [-0.05, 0) is 48.0 Å². The molecule has 0 aliphatic carbocycles. The Hall–Kier alpha value is -3.33. The highest BCUT2D eigenvalue weighted by atomic mass is 16.5. The number of para-hydroxylation sites is 1. The van der Waals surface area contributed by atoms with Gasteiger partial charge in [0, 0.05) is 27.7 Å². The third-order valence-electron chi connectivity index (χ3n) is 4.32. The van der Waals surface area contributed by atoms with Crippen LogP contribution in [-0.4, -0.2) is 17.9 Å². The number of carbonyl (C=O) groups excluding carboxylic acids is 1. The Morgan fingerprint density at radius 1 is 0.840 bits per heavy atom. The van der Waals surface area contributed by atoms with Crippen LogP contribution in [0.15, 0.2) is 78.9 Å². The molecule has 3 aromatic carbocycles. The van der Waals surface area contributed by atoms with E-state index in [-0.39, 0.29) is 5.78 Å². The molecule has 25 heavy (non-hydrogen) atoms. The van der Waals surface area contributed by atoms with Crippen molar-refractivity contribution in [1.29, 1.82) is 0 Å². The van der Waals surface area contributed by atoms with Gasteiger partial charge in [-0.25, -0.2) is 0 Å². The summed E-state index contributed by atoms with van der Waals surface area (Å²) in [5.41, 5.74) is 4.40. The lowest BCUT2D eigenvalue weighted by Crippen LogP contribution is -2.01. The summed E-state index contributed by atoms with van der Waals surface area (Å²) in [4.78, 5) is 16.2. The van der Waals surface area contributed by atoms with E-state index in [4.69, 9.17) is 4.74 Å². The van der Waals surface area contributed by atoms with Crippen molar-refractivity contribution in [2.75, 3.05) is 7.11 Å². The molecule has 0 saturated carbocycles. The molecule has 1 N–H and O–H groups in total. The van der Waals surface area contributed by atoms with Crippen LogP contribution in [0.5, 0.6) is 5.75 Å². The zero-order valence-electron chi connectivity index (χ0n) is 13.8. The number of carbonyl (C=O) groups is 1. The van der Waals surface area contributed by atoms with Crippen molar-refractivity contribution in [3.05, 3.63) is 90.0 Å². The van der Waals surface area contributed by atoms with Crippen LogP contribution in [0.3, 0.4) is 0 Å². The summed E-state index contributed by atoms with van der Waals surface area (Å²) in [5, 5.41) is 1.16. The molecule has 1 heterocycles. The molecule has 0 bridgehead atoms. The third kappa shape index (κ3) is 2.92. The van der Waals surface area contributed by atoms with Gasteiger partial charge in [-0.3, -0.25) is 4.79 Å². The second kappa shape index (κ2) is 6.29. The lowest BCUT2D eigenvalue weighted by molar-refractivity contribution is 0.103. The maximum Gasteiger partial charge on any atom is 0.193 e. The summed E-state index contributed by atoms with van der Waals surface area (Å²) < 4.78 is 5.14. The van der Waals surface area contributed by atoms with E-state index in [0.29, 0.717) is 11.1 Å². The van der Waals surface area contributed by atoms with Gasteiger partial charge in [0.05, 0.1) is 7.11 Å². The minimum atomic E-state index is 0.000569.